The second-order valence-electron chi connectivity index (χ2n) is 5.41. The largest absolute Gasteiger partial charge is 0.353 e. The molecule has 0 aliphatic rings. The van der Waals surface area contributed by atoms with E-state index < -0.39 is 0 Å². The Labute approximate surface area is 160 Å². The molecule has 0 spiro atoms. The van der Waals surface area contributed by atoms with Gasteiger partial charge in [-0.1, -0.05) is 53.5 Å². The molecule has 2 N–H and O–H groups in total. The highest BCUT2D eigenvalue weighted by molar-refractivity contribution is 7.09. The van der Waals surface area contributed by atoms with Crippen LogP contribution in [0.3, 0.4) is 0 Å². The highest BCUT2D eigenvalue weighted by atomic mass is 35.5. The molecule has 1 amide bonds. The molecule has 0 unspecified atom stereocenters. The molecule has 1 aromatic heterocycles. The summed E-state index contributed by atoms with van der Waals surface area (Å²) in [5, 5.41) is 9.24. The molecule has 25 heavy (non-hydrogen) atoms. The number of carbonyl (C=O) groups excluding carboxylic acids is 1. The molecule has 0 radical (unpaired) electrons. The van der Waals surface area contributed by atoms with Gasteiger partial charge in [-0.3, -0.25) is 4.79 Å². The number of hydrogen-bond donors (Lipinski definition) is 2. The van der Waals surface area contributed by atoms with Gasteiger partial charge in [-0.2, -0.15) is 0 Å². The number of benzene rings is 2. The molecule has 3 rings (SSSR count). The Bertz CT molecular complexity index is 845. The van der Waals surface area contributed by atoms with Gasteiger partial charge in [0.05, 0.1) is 28.7 Å². The molecule has 2 aromatic carbocycles. The lowest BCUT2D eigenvalue weighted by atomic mass is 10.1. The van der Waals surface area contributed by atoms with Crippen LogP contribution in [0.15, 0.2) is 60.0 Å². The average molecular weight is 391 g/mol. The van der Waals surface area contributed by atoms with Gasteiger partial charge in [-0.15, -0.1) is 11.3 Å². The molecule has 1 heterocycles. The van der Waals surface area contributed by atoms with Gasteiger partial charge in [0.25, 0.3) is 0 Å². The number of carbonyl (C=O) groups is 1. The lowest BCUT2D eigenvalue weighted by Gasteiger charge is -2.14. The second-order valence-corrected chi connectivity index (χ2v) is 7.26. The van der Waals surface area contributed by atoms with Crippen molar-refractivity contribution in [2.45, 2.75) is 13.0 Å². The van der Waals surface area contributed by atoms with E-state index in [9.17, 15) is 4.79 Å². The fourth-order valence-corrected chi connectivity index (χ4v) is 3.52. The van der Waals surface area contributed by atoms with Crippen molar-refractivity contribution < 1.29 is 4.79 Å². The molecule has 0 saturated heterocycles. The van der Waals surface area contributed by atoms with Crippen LogP contribution in [0.1, 0.15) is 10.4 Å². The summed E-state index contributed by atoms with van der Waals surface area (Å²) in [6, 6.07) is 16.9. The van der Waals surface area contributed by atoms with Crippen molar-refractivity contribution in [3.05, 3.63) is 80.5 Å². The molecule has 6 heteroatoms. The summed E-state index contributed by atoms with van der Waals surface area (Å²) < 4.78 is 0. The molecular weight excluding hydrogens is 375 g/mol. The van der Waals surface area contributed by atoms with Gasteiger partial charge in [0.15, 0.2) is 0 Å². The Kier molecular flexibility index (Phi) is 5.97. The summed E-state index contributed by atoms with van der Waals surface area (Å²) in [5.74, 6) is -0.0343. The summed E-state index contributed by atoms with van der Waals surface area (Å²) in [7, 11) is 0. The van der Waals surface area contributed by atoms with Crippen molar-refractivity contribution >= 4 is 51.8 Å². The first-order chi connectivity index (χ1) is 12.1. The van der Waals surface area contributed by atoms with E-state index in [0.29, 0.717) is 22.3 Å². The van der Waals surface area contributed by atoms with Crippen LogP contribution in [0.2, 0.25) is 10.0 Å². The third-order valence-electron chi connectivity index (χ3n) is 3.63. The van der Waals surface area contributed by atoms with E-state index in [2.05, 4.69) is 10.6 Å². The number of anilines is 2. The van der Waals surface area contributed by atoms with E-state index in [1.54, 1.807) is 29.5 Å². The molecule has 0 aliphatic heterocycles. The van der Waals surface area contributed by atoms with Gasteiger partial charge < -0.3 is 10.6 Å². The number of hydrogen-bond acceptors (Lipinski definition) is 3. The number of para-hydroxylation sites is 2. The van der Waals surface area contributed by atoms with Crippen LogP contribution in [0.5, 0.6) is 0 Å². The molecule has 0 aliphatic carbocycles. The van der Waals surface area contributed by atoms with Crippen LogP contribution in [0.4, 0.5) is 11.4 Å². The quantitative estimate of drug-likeness (QED) is 0.570. The summed E-state index contributed by atoms with van der Waals surface area (Å²) in [6.07, 6.45) is 0.274. The first-order valence-corrected chi connectivity index (χ1v) is 9.35. The molecule has 3 aromatic rings. The number of nitrogens with one attached hydrogen (secondary N) is 2. The minimum absolute atomic E-state index is 0.0343. The average Bonchev–Trinajstić information content (AvgIpc) is 3.11. The molecule has 0 saturated carbocycles. The van der Waals surface area contributed by atoms with Crippen molar-refractivity contribution in [1.29, 1.82) is 0 Å². The first-order valence-electron chi connectivity index (χ1n) is 7.71. The second kappa shape index (κ2) is 8.39. The van der Waals surface area contributed by atoms with Crippen molar-refractivity contribution in [2.75, 3.05) is 5.32 Å². The fraction of sp³-hybridized carbons (Fsp3) is 0.105. The Morgan fingerprint density at radius 3 is 2.44 bits per heavy atom. The zero-order valence-electron chi connectivity index (χ0n) is 13.3. The van der Waals surface area contributed by atoms with Gasteiger partial charge in [-0.05, 0) is 35.2 Å². The van der Waals surface area contributed by atoms with Crippen LogP contribution in [-0.2, 0) is 17.8 Å². The zero-order valence-corrected chi connectivity index (χ0v) is 15.6. The van der Waals surface area contributed by atoms with Gasteiger partial charge in [0, 0.05) is 10.6 Å². The van der Waals surface area contributed by atoms with Gasteiger partial charge in [0.1, 0.15) is 0 Å². The number of amides is 1. The summed E-state index contributed by atoms with van der Waals surface area (Å²) in [4.78, 5) is 13.4. The van der Waals surface area contributed by atoms with Crippen molar-refractivity contribution in [3.8, 4) is 0 Å². The predicted molar refractivity (Wildman–Crippen MR) is 106 cm³/mol. The third kappa shape index (κ3) is 4.75. The lowest BCUT2D eigenvalue weighted by molar-refractivity contribution is -0.120. The lowest BCUT2D eigenvalue weighted by Crippen LogP contribution is -2.24. The standard InChI is InChI=1S/C19H16Cl2N2OS/c20-15-7-3-8-16(21)19(15)23-17-9-2-1-5-13(17)11-18(24)22-12-14-6-4-10-25-14/h1-10,23H,11-12H2,(H,22,24). The zero-order chi connectivity index (χ0) is 17.6. The number of halogens is 2. The predicted octanol–water partition coefficient (Wildman–Crippen LogP) is 5.66. The minimum Gasteiger partial charge on any atom is -0.353 e. The maximum Gasteiger partial charge on any atom is 0.224 e. The molecule has 0 bridgehead atoms. The molecule has 3 nitrogen and oxygen atoms in total. The van der Waals surface area contributed by atoms with E-state index in [0.717, 1.165) is 16.1 Å². The maximum absolute atomic E-state index is 12.3. The topological polar surface area (TPSA) is 41.1 Å². The van der Waals surface area contributed by atoms with Gasteiger partial charge in [0.2, 0.25) is 5.91 Å². The maximum atomic E-state index is 12.3. The van der Waals surface area contributed by atoms with Crippen LogP contribution in [0, 0.1) is 0 Å². The van der Waals surface area contributed by atoms with E-state index in [-0.39, 0.29) is 12.3 Å². The smallest absolute Gasteiger partial charge is 0.224 e. The fourth-order valence-electron chi connectivity index (χ4n) is 2.38. The molecular formula is C19H16Cl2N2OS. The van der Waals surface area contributed by atoms with Crippen molar-refractivity contribution in [2.24, 2.45) is 0 Å². The molecule has 0 fully saturated rings. The Morgan fingerprint density at radius 2 is 1.72 bits per heavy atom. The normalized spacial score (nSPS) is 10.5. The minimum atomic E-state index is -0.0343. The number of rotatable bonds is 6. The monoisotopic (exact) mass is 390 g/mol. The van der Waals surface area contributed by atoms with Crippen LogP contribution >= 0.6 is 34.5 Å². The summed E-state index contributed by atoms with van der Waals surface area (Å²) in [5.41, 5.74) is 2.32. The van der Waals surface area contributed by atoms with Crippen molar-refractivity contribution in [3.63, 3.8) is 0 Å². The van der Waals surface area contributed by atoms with E-state index in [1.807, 2.05) is 41.8 Å². The van der Waals surface area contributed by atoms with Crippen molar-refractivity contribution in [1.82, 2.24) is 5.32 Å². The Balaban J connectivity index is 1.71. The van der Waals surface area contributed by atoms with Crippen LogP contribution in [0.25, 0.3) is 0 Å². The van der Waals surface area contributed by atoms with Crippen LogP contribution < -0.4 is 10.6 Å². The number of thiophene rings is 1. The molecule has 128 valence electrons. The first kappa shape index (κ1) is 17.8. The molecule has 0 atom stereocenters. The summed E-state index contributed by atoms with van der Waals surface area (Å²) >= 11 is 14.1. The third-order valence-corrected chi connectivity index (χ3v) is 5.14. The van der Waals surface area contributed by atoms with E-state index >= 15 is 0 Å². The van der Waals surface area contributed by atoms with Crippen LogP contribution in [-0.4, -0.2) is 5.91 Å². The Hall–Kier alpha value is -2.01. The van der Waals surface area contributed by atoms with E-state index in [4.69, 9.17) is 23.2 Å². The van der Waals surface area contributed by atoms with Gasteiger partial charge in [-0.25, -0.2) is 0 Å². The highest BCUT2D eigenvalue weighted by Crippen LogP contribution is 2.33. The van der Waals surface area contributed by atoms with Gasteiger partial charge >= 0.3 is 0 Å². The summed E-state index contributed by atoms with van der Waals surface area (Å²) in [6.45, 7) is 0.544. The Morgan fingerprint density at radius 1 is 0.960 bits per heavy atom. The highest BCUT2D eigenvalue weighted by Gasteiger charge is 2.11. The SMILES string of the molecule is O=C(Cc1ccccc1Nc1c(Cl)cccc1Cl)NCc1cccs1. The van der Waals surface area contributed by atoms with E-state index in [1.165, 1.54) is 0 Å².